The fraction of sp³-hybridized carbons (Fsp3) is 0.0833. The number of para-hydroxylation sites is 1. The van der Waals surface area contributed by atoms with Crippen LogP contribution in [0.5, 0.6) is 0 Å². The molecule has 2 aromatic heterocycles. The highest BCUT2D eigenvalue weighted by atomic mass is 16.4. The summed E-state index contributed by atoms with van der Waals surface area (Å²) in [5.74, 6) is 0.575. The molecule has 2 N–H and O–H groups in total. The zero-order valence-corrected chi connectivity index (χ0v) is 9.58. The van der Waals surface area contributed by atoms with E-state index < -0.39 is 6.09 Å². The van der Waals surface area contributed by atoms with Crippen LogP contribution < -0.4 is 5.43 Å². The van der Waals surface area contributed by atoms with Crippen LogP contribution in [0.15, 0.2) is 30.5 Å². The molecule has 0 unspecified atom stereocenters. The predicted octanol–water partition coefficient (Wildman–Crippen LogP) is 2.11. The van der Waals surface area contributed by atoms with Gasteiger partial charge in [0.05, 0.1) is 11.7 Å². The lowest BCUT2D eigenvalue weighted by atomic mass is 10.2. The molecule has 1 amide bonds. The lowest BCUT2D eigenvalue weighted by Crippen LogP contribution is -2.21. The summed E-state index contributed by atoms with van der Waals surface area (Å²) in [7, 11) is 0. The van der Waals surface area contributed by atoms with Gasteiger partial charge in [-0.2, -0.15) is 0 Å². The van der Waals surface area contributed by atoms with Crippen molar-refractivity contribution in [2.75, 3.05) is 5.43 Å². The molecule has 0 spiro atoms. The average molecular weight is 242 g/mol. The Morgan fingerprint density at radius 3 is 2.89 bits per heavy atom. The van der Waals surface area contributed by atoms with Crippen LogP contribution in [-0.4, -0.2) is 25.8 Å². The third kappa shape index (κ3) is 1.46. The number of imidazole rings is 1. The van der Waals surface area contributed by atoms with Gasteiger partial charge in [0.15, 0.2) is 0 Å². The molecule has 6 nitrogen and oxygen atoms in total. The van der Waals surface area contributed by atoms with E-state index in [4.69, 9.17) is 5.11 Å². The Morgan fingerprint density at radius 1 is 1.33 bits per heavy atom. The van der Waals surface area contributed by atoms with Crippen LogP contribution in [0.1, 0.15) is 5.82 Å². The summed E-state index contributed by atoms with van der Waals surface area (Å²) in [5.41, 5.74) is 4.52. The number of hydrogen-bond acceptors (Lipinski definition) is 3. The van der Waals surface area contributed by atoms with Gasteiger partial charge in [-0.3, -0.25) is 4.98 Å². The third-order valence-electron chi connectivity index (χ3n) is 2.76. The Balaban J connectivity index is 2.43. The lowest BCUT2D eigenvalue weighted by molar-refractivity contribution is 0.206. The summed E-state index contributed by atoms with van der Waals surface area (Å²) in [6.45, 7) is 1.74. The largest absolute Gasteiger partial charge is 0.464 e. The highest BCUT2D eigenvalue weighted by Gasteiger charge is 2.12. The van der Waals surface area contributed by atoms with E-state index in [1.165, 1.54) is 4.68 Å². The molecule has 0 saturated carbocycles. The molecule has 18 heavy (non-hydrogen) atoms. The van der Waals surface area contributed by atoms with Crippen LogP contribution in [0, 0.1) is 6.92 Å². The first-order valence-corrected chi connectivity index (χ1v) is 5.39. The smallest absolute Gasteiger partial charge is 0.424 e. The first-order chi connectivity index (χ1) is 8.66. The molecule has 2 heterocycles. The van der Waals surface area contributed by atoms with Gasteiger partial charge in [-0.15, -0.1) is 0 Å². The number of nitrogens with zero attached hydrogens (tertiary/aromatic N) is 3. The summed E-state index contributed by atoms with van der Waals surface area (Å²) >= 11 is 0. The normalized spacial score (nSPS) is 10.9. The maximum absolute atomic E-state index is 10.8. The van der Waals surface area contributed by atoms with E-state index >= 15 is 0 Å². The molecule has 0 aliphatic rings. The first kappa shape index (κ1) is 10.5. The Labute approximate surface area is 102 Å². The molecule has 90 valence electrons. The van der Waals surface area contributed by atoms with Gasteiger partial charge in [0.1, 0.15) is 16.9 Å². The second-order valence-electron chi connectivity index (χ2n) is 3.92. The molecule has 0 fully saturated rings. The number of carboxylic acid groups (broad SMARTS) is 1. The van der Waals surface area contributed by atoms with Crippen molar-refractivity contribution in [3.63, 3.8) is 0 Å². The molecule has 6 heteroatoms. The number of fused-ring (bicyclic) bond motifs is 3. The summed E-state index contributed by atoms with van der Waals surface area (Å²) in [5, 5.41) is 9.73. The second kappa shape index (κ2) is 3.69. The van der Waals surface area contributed by atoms with Crippen LogP contribution >= 0.6 is 0 Å². The maximum atomic E-state index is 10.8. The van der Waals surface area contributed by atoms with E-state index in [0.717, 1.165) is 16.4 Å². The van der Waals surface area contributed by atoms with E-state index in [1.807, 2.05) is 24.3 Å². The van der Waals surface area contributed by atoms with Crippen molar-refractivity contribution >= 4 is 28.0 Å². The number of nitrogens with one attached hydrogen (secondary N) is 1. The molecule has 0 bridgehead atoms. The fourth-order valence-electron chi connectivity index (χ4n) is 2.05. The summed E-state index contributed by atoms with van der Waals surface area (Å²) < 4.78 is 1.46. The Kier molecular flexibility index (Phi) is 2.16. The monoisotopic (exact) mass is 242 g/mol. The minimum Gasteiger partial charge on any atom is -0.464 e. The van der Waals surface area contributed by atoms with Gasteiger partial charge in [0.25, 0.3) is 0 Å². The Bertz CT molecular complexity index is 763. The van der Waals surface area contributed by atoms with Crippen molar-refractivity contribution in [3.05, 3.63) is 36.3 Å². The molecule has 0 saturated heterocycles. The standard InChI is InChI=1S/C12H10N4O2/c1-7-14-10-6-13-9-5-3-2-4-8(9)11(10)16(7)15-12(17)18/h2-6,15H,1H3,(H,17,18). The molecular formula is C12H10N4O2. The van der Waals surface area contributed by atoms with Crippen LogP contribution in [-0.2, 0) is 0 Å². The molecule has 0 atom stereocenters. The second-order valence-corrected chi connectivity index (χ2v) is 3.92. The molecular weight excluding hydrogens is 232 g/mol. The fourth-order valence-corrected chi connectivity index (χ4v) is 2.05. The molecule has 0 aliphatic heterocycles. The van der Waals surface area contributed by atoms with Crippen molar-refractivity contribution in [3.8, 4) is 0 Å². The number of benzene rings is 1. The Hall–Kier alpha value is -2.63. The van der Waals surface area contributed by atoms with Gasteiger partial charge in [-0.05, 0) is 13.0 Å². The predicted molar refractivity (Wildman–Crippen MR) is 67.2 cm³/mol. The van der Waals surface area contributed by atoms with Crippen LogP contribution in [0.2, 0.25) is 0 Å². The van der Waals surface area contributed by atoms with E-state index in [1.54, 1.807) is 13.1 Å². The summed E-state index contributed by atoms with van der Waals surface area (Å²) in [6.07, 6.45) is 0.517. The van der Waals surface area contributed by atoms with E-state index in [-0.39, 0.29) is 0 Å². The highest BCUT2D eigenvalue weighted by molar-refractivity contribution is 6.02. The van der Waals surface area contributed by atoms with Crippen molar-refractivity contribution in [1.82, 2.24) is 14.6 Å². The molecule has 3 aromatic rings. The molecule has 0 aliphatic carbocycles. The topological polar surface area (TPSA) is 80.0 Å². The van der Waals surface area contributed by atoms with Crippen molar-refractivity contribution in [1.29, 1.82) is 0 Å². The zero-order chi connectivity index (χ0) is 12.7. The number of pyridine rings is 1. The van der Waals surface area contributed by atoms with Crippen LogP contribution in [0.25, 0.3) is 21.9 Å². The van der Waals surface area contributed by atoms with Gasteiger partial charge >= 0.3 is 6.09 Å². The number of aromatic nitrogens is 3. The zero-order valence-electron chi connectivity index (χ0n) is 9.58. The van der Waals surface area contributed by atoms with Gasteiger partial charge in [0.2, 0.25) is 0 Å². The SMILES string of the molecule is Cc1nc2cnc3ccccc3c2n1NC(=O)O. The third-order valence-corrected chi connectivity index (χ3v) is 2.76. The van der Waals surface area contributed by atoms with E-state index in [2.05, 4.69) is 15.4 Å². The molecule has 3 rings (SSSR count). The van der Waals surface area contributed by atoms with E-state index in [0.29, 0.717) is 11.3 Å². The first-order valence-electron chi connectivity index (χ1n) is 5.39. The van der Waals surface area contributed by atoms with Gasteiger partial charge in [-0.1, -0.05) is 18.2 Å². The number of hydrogen-bond donors (Lipinski definition) is 2. The number of rotatable bonds is 1. The van der Waals surface area contributed by atoms with Gasteiger partial charge < -0.3 is 5.11 Å². The van der Waals surface area contributed by atoms with Gasteiger partial charge in [0, 0.05) is 5.39 Å². The quantitative estimate of drug-likeness (QED) is 0.684. The number of amides is 1. The molecule has 0 radical (unpaired) electrons. The number of carbonyl (C=O) groups is 1. The minimum atomic E-state index is -1.13. The molecule has 1 aromatic carbocycles. The average Bonchev–Trinajstić information content (AvgIpc) is 2.66. The van der Waals surface area contributed by atoms with E-state index in [9.17, 15) is 4.79 Å². The summed E-state index contributed by atoms with van der Waals surface area (Å²) in [6, 6.07) is 7.55. The van der Waals surface area contributed by atoms with Crippen LogP contribution in [0.3, 0.4) is 0 Å². The highest BCUT2D eigenvalue weighted by Crippen LogP contribution is 2.23. The van der Waals surface area contributed by atoms with Gasteiger partial charge in [-0.25, -0.2) is 19.9 Å². The lowest BCUT2D eigenvalue weighted by Gasteiger charge is -2.06. The minimum absolute atomic E-state index is 0.575. The van der Waals surface area contributed by atoms with Crippen molar-refractivity contribution in [2.24, 2.45) is 0 Å². The van der Waals surface area contributed by atoms with Crippen LogP contribution in [0.4, 0.5) is 4.79 Å². The Morgan fingerprint density at radius 2 is 2.11 bits per heavy atom. The van der Waals surface area contributed by atoms with Crippen molar-refractivity contribution < 1.29 is 9.90 Å². The number of aryl methyl sites for hydroxylation is 1. The summed E-state index contributed by atoms with van der Waals surface area (Å²) in [4.78, 5) is 19.4. The van der Waals surface area contributed by atoms with Crippen molar-refractivity contribution in [2.45, 2.75) is 6.92 Å². The maximum Gasteiger partial charge on any atom is 0.424 e.